The second-order valence-corrected chi connectivity index (χ2v) is 5.95. The first-order valence-corrected chi connectivity index (χ1v) is 7.45. The van der Waals surface area contributed by atoms with E-state index in [1.807, 2.05) is 4.90 Å². The molecule has 0 spiro atoms. The fourth-order valence-electron chi connectivity index (χ4n) is 2.75. The van der Waals surface area contributed by atoms with E-state index in [4.69, 9.17) is 0 Å². The van der Waals surface area contributed by atoms with Crippen LogP contribution in [-0.2, 0) is 0 Å². The normalized spacial score (nSPS) is 23.7. The monoisotopic (exact) mass is 332 g/mol. The molecule has 2 rings (SSSR count). The number of piperidine rings is 1. The van der Waals surface area contributed by atoms with Crippen LogP contribution in [0.3, 0.4) is 0 Å². The van der Waals surface area contributed by atoms with Crippen molar-refractivity contribution in [1.29, 1.82) is 0 Å². The molecule has 0 aromatic heterocycles. The summed E-state index contributed by atoms with van der Waals surface area (Å²) in [6.45, 7) is 6.76. The van der Waals surface area contributed by atoms with Crippen molar-refractivity contribution in [3.05, 3.63) is 28.2 Å². The maximum atomic E-state index is 13.9. The largest absolute Gasteiger partial charge is 0.368 e. The molecule has 1 fully saturated rings. The average molecular weight is 333 g/mol. The minimum Gasteiger partial charge on any atom is -0.368 e. The SMILES string of the molecule is CCNC1CCN(c2c(F)cc(F)cc2Br)CC1C. The third-order valence-electron chi connectivity index (χ3n) is 3.67. The first-order valence-electron chi connectivity index (χ1n) is 6.65. The molecule has 2 unspecified atom stereocenters. The van der Waals surface area contributed by atoms with Gasteiger partial charge < -0.3 is 10.2 Å². The lowest BCUT2D eigenvalue weighted by molar-refractivity contribution is 0.325. The molecule has 1 aromatic rings. The van der Waals surface area contributed by atoms with Crippen molar-refractivity contribution in [2.24, 2.45) is 5.92 Å². The van der Waals surface area contributed by atoms with Gasteiger partial charge in [-0.2, -0.15) is 0 Å². The first-order chi connectivity index (χ1) is 9.02. The molecular formula is C14H19BrF2N2. The molecule has 1 aliphatic heterocycles. The van der Waals surface area contributed by atoms with E-state index in [9.17, 15) is 8.78 Å². The number of benzene rings is 1. The Morgan fingerprint density at radius 3 is 2.74 bits per heavy atom. The summed E-state index contributed by atoms with van der Waals surface area (Å²) < 4.78 is 27.5. The fourth-order valence-corrected chi connectivity index (χ4v) is 3.41. The van der Waals surface area contributed by atoms with E-state index >= 15 is 0 Å². The zero-order valence-electron chi connectivity index (χ0n) is 11.2. The van der Waals surface area contributed by atoms with Crippen molar-refractivity contribution in [2.45, 2.75) is 26.3 Å². The van der Waals surface area contributed by atoms with Crippen LogP contribution in [0.1, 0.15) is 20.3 Å². The minimum absolute atomic E-state index is 0.435. The third kappa shape index (κ3) is 3.26. The van der Waals surface area contributed by atoms with Crippen LogP contribution in [0.5, 0.6) is 0 Å². The molecule has 0 radical (unpaired) electrons. The van der Waals surface area contributed by atoms with Gasteiger partial charge in [0.05, 0.1) is 5.69 Å². The summed E-state index contributed by atoms with van der Waals surface area (Å²) in [4.78, 5) is 2.00. The highest BCUT2D eigenvalue weighted by Crippen LogP contribution is 2.33. The Bertz CT molecular complexity index is 430. The quantitative estimate of drug-likeness (QED) is 0.910. The molecule has 1 heterocycles. The van der Waals surface area contributed by atoms with E-state index in [1.54, 1.807) is 0 Å². The Morgan fingerprint density at radius 2 is 2.16 bits per heavy atom. The molecule has 1 aliphatic rings. The average Bonchev–Trinajstić information content (AvgIpc) is 2.31. The number of hydrogen-bond donors (Lipinski definition) is 1. The number of anilines is 1. The second kappa shape index (κ2) is 6.18. The molecule has 1 aromatic carbocycles. The van der Waals surface area contributed by atoms with Gasteiger partial charge in [-0.3, -0.25) is 0 Å². The number of rotatable bonds is 3. The highest BCUT2D eigenvalue weighted by Gasteiger charge is 2.28. The molecule has 5 heteroatoms. The van der Waals surface area contributed by atoms with Gasteiger partial charge in [0, 0.05) is 29.7 Å². The number of nitrogens with zero attached hydrogens (tertiary/aromatic N) is 1. The van der Waals surface area contributed by atoms with Gasteiger partial charge in [0.2, 0.25) is 0 Å². The summed E-state index contributed by atoms with van der Waals surface area (Å²) in [5.41, 5.74) is 0.475. The lowest BCUT2D eigenvalue weighted by atomic mass is 9.93. The summed E-state index contributed by atoms with van der Waals surface area (Å²) in [6, 6.07) is 2.74. The van der Waals surface area contributed by atoms with Crippen molar-refractivity contribution in [3.8, 4) is 0 Å². The lowest BCUT2D eigenvalue weighted by Gasteiger charge is -2.39. The summed E-state index contributed by atoms with van der Waals surface area (Å²) in [5.74, 6) is -0.616. The molecule has 0 aliphatic carbocycles. The van der Waals surface area contributed by atoms with Crippen LogP contribution in [0.25, 0.3) is 0 Å². The summed E-state index contributed by atoms with van der Waals surface area (Å²) in [5, 5.41) is 3.45. The molecule has 1 N–H and O–H groups in total. The summed E-state index contributed by atoms with van der Waals surface area (Å²) >= 11 is 3.26. The van der Waals surface area contributed by atoms with Crippen LogP contribution in [0.4, 0.5) is 14.5 Å². The lowest BCUT2D eigenvalue weighted by Crippen LogP contribution is -2.48. The molecular weight excluding hydrogens is 314 g/mol. The Hall–Kier alpha value is -0.680. The molecule has 106 valence electrons. The second-order valence-electron chi connectivity index (χ2n) is 5.09. The van der Waals surface area contributed by atoms with E-state index < -0.39 is 11.6 Å². The van der Waals surface area contributed by atoms with Gasteiger partial charge >= 0.3 is 0 Å². The van der Waals surface area contributed by atoms with E-state index in [0.717, 1.165) is 32.1 Å². The van der Waals surface area contributed by atoms with Gasteiger partial charge in [-0.05, 0) is 40.9 Å². The van der Waals surface area contributed by atoms with Crippen molar-refractivity contribution in [1.82, 2.24) is 5.32 Å². The maximum Gasteiger partial charge on any atom is 0.150 e. The standard InChI is InChI=1S/C14H19BrF2N2/c1-3-18-13-4-5-19(8-9(13)2)14-11(15)6-10(16)7-12(14)17/h6-7,9,13,18H,3-5,8H2,1-2H3. The molecule has 0 bridgehead atoms. The van der Waals surface area contributed by atoms with Crippen LogP contribution in [-0.4, -0.2) is 25.7 Å². The first kappa shape index (κ1) is 14.7. The van der Waals surface area contributed by atoms with Crippen molar-refractivity contribution < 1.29 is 8.78 Å². The Balaban J connectivity index is 2.17. The molecule has 19 heavy (non-hydrogen) atoms. The van der Waals surface area contributed by atoms with Crippen LogP contribution in [0.15, 0.2) is 16.6 Å². The topological polar surface area (TPSA) is 15.3 Å². The minimum atomic E-state index is -0.552. The van der Waals surface area contributed by atoms with E-state index in [2.05, 4.69) is 35.1 Å². The van der Waals surface area contributed by atoms with Gasteiger partial charge in [0.1, 0.15) is 5.82 Å². The van der Waals surface area contributed by atoms with E-state index in [1.165, 1.54) is 6.07 Å². The number of halogens is 3. The summed E-state index contributed by atoms with van der Waals surface area (Å²) in [6.07, 6.45) is 0.970. The molecule has 0 saturated carbocycles. The van der Waals surface area contributed by atoms with Crippen LogP contribution in [0.2, 0.25) is 0 Å². The van der Waals surface area contributed by atoms with E-state index in [0.29, 0.717) is 22.1 Å². The predicted molar refractivity (Wildman–Crippen MR) is 77.5 cm³/mol. The Labute approximate surface area is 121 Å². The van der Waals surface area contributed by atoms with Crippen LogP contribution in [0, 0.1) is 17.6 Å². The Kier molecular flexibility index (Phi) is 4.79. The van der Waals surface area contributed by atoms with Gasteiger partial charge in [-0.1, -0.05) is 13.8 Å². The fraction of sp³-hybridized carbons (Fsp3) is 0.571. The van der Waals surface area contributed by atoms with Gasteiger partial charge in [-0.25, -0.2) is 8.78 Å². The van der Waals surface area contributed by atoms with Gasteiger partial charge in [0.15, 0.2) is 5.82 Å². The van der Waals surface area contributed by atoms with Crippen molar-refractivity contribution >= 4 is 21.6 Å². The van der Waals surface area contributed by atoms with Crippen LogP contribution >= 0.6 is 15.9 Å². The number of nitrogens with one attached hydrogen (secondary N) is 1. The molecule has 2 atom stereocenters. The molecule has 0 amide bonds. The summed E-state index contributed by atoms with van der Waals surface area (Å²) in [7, 11) is 0. The molecule has 1 saturated heterocycles. The maximum absolute atomic E-state index is 13.9. The zero-order chi connectivity index (χ0) is 14.0. The smallest absolute Gasteiger partial charge is 0.150 e. The number of hydrogen-bond acceptors (Lipinski definition) is 2. The van der Waals surface area contributed by atoms with Crippen molar-refractivity contribution in [3.63, 3.8) is 0 Å². The van der Waals surface area contributed by atoms with Crippen molar-refractivity contribution in [2.75, 3.05) is 24.5 Å². The highest BCUT2D eigenvalue weighted by atomic mass is 79.9. The van der Waals surface area contributed by atoms with Gasteiger partial charge in [0.25, 0.3) is 0 Å². The highest BCUT2D eigenvalue weighted by molar-refractivity contribution is 9.10. The van der Waals surface area contributed by atoms with E-state index in [-0.39, 0.29) is 0 Å². The Morgan fingerprint density at radius 1 is 1.42 bits per heavy atom. The zero-order valence-corrected chi connectivity index (χ0v) is 12.8. The third-order valence-corrected chi connectivity index (χ3v) is 4.27. The van der Waals surface area contributed by atoms with Gasteiger partial charge in [-0.15, -0.1) is 0 Å². The van der Waals surface area contributed by atoms with Crippen LogP contribution < -0.4 is 10.2 Å². The predicted octanol–water partition coefficient (Wildman–Crippen LogP) is 3.55. The molecule has 2 nitrogen and oxygen atoms in total.